The van der Waals surface area contributed by atoms with Gasteiger partial charge in [0.15, 0.2) is 5.89 Å². The Morgan fingerprint density at radius 1 is 1.36 bits per heavy atom. The zero-order chi connectivity index (χ0) is 16.3. The molecule has 1 aromatic heterocycles. The second kappa shape index (κ2) is 7.01. The highest BCUT2D eigenvalue weighted by molar-refractivity contribution is 7.98. The molecule has 5 heteroatoms. The van der Waals surface area contributed by atoms with Gasteiger partial charge in [-0.2, -0.15) is 0 Å². The lowest BCUT2D eigenvalue weighted by Crippen LogP contribution is -2.36. The van der Waals surface area contributed by atoms with Crippen LogP contribution >= 0.6 is 11.8 Å². The highest BCUT2D eigenvalue weighted by Gasteiger charge is 2.24. The molecule has 1 amide bonds. The molecule has 0 aliphatic rings. The van der Waals surface area contributed by atoms with E-state index < -0.39 is 0 Å². The maximum absolute atomic E-state index is 12.8. The largest absolute Gasteiger partial charge is 0.436 e. The van der Waals surface area contributed by atoms with Crippen LogP contribution in [0.5, 0.6) is 0 Å². The van der Waals surface area contributed by atoms with Gasteiger partial charge in [-0.1, -0.05) is 12.1 Å². The first kappa shape index (κ1) is 16.6. The number of carbonyl (C=O) groups is 1. The van der Waals surface area contributed by atoms with Gasteiger partial charge in [-0.25, -0.2) is 4.98 Å². The first-order valence-electron chi connectivity index (χ1n) is 7.30. The second-order valence-electron chi connectivity index (χ2n) is 5.53. The number of benzene rings is 1. The number of nitrogens with zero attached hydrogens (tertiary/aromatic N) is 2. The van der Waals surface area contributed by atoms with Gasteiger partial charge < -0.3 is 9.32 Å². The predicted octanol–water partition coefficient (Wildman–Crippen LogP) is 4.06. The number of aryl methyl sites for hydroxylation is 2. The summed E-state index contributed by atoms with van der Waals surface area (Å²) in [4.78, 5) is 20.0. The fourth-order valence-corrected chi connectivity index (χ4v) is 2.80. The fourth-order valence-electron chi connectivity index (χ4n) is 2.32. The normalized spacial score (nSPS) is 11.0. The van der Waals surface area contributed by atoms with E-state index in [-0.39, 0.29) is 11.9 Å². The lowest BCUT2D eigenvalue weighted by Gasteiger charge is -2.26. The molecule has 0 spiro atoms. The molecule has 118 valence electrons. The van der Waals surface area contributed by atoms with Crippen LogP contribution in [0, 0.1) is 13.8 Å². The third-order valence-corrected chi connectivity index (χ3v) is 4.19. The molecule has 2 aromatic rings. The third-order valence-electron chi connectivity index (χ3n) is 3.47. The van der Waals surface area contributed by atoms with Gasteiger partial charge in [-0.05, 0) is 44.7 Å². The van der Waals surface area contributed by atoms with E-state index >= 15 is 0 Å². The Hall–Kier alpha value is -1.75. The van der Waals surface area contributed by atoms with Gasteiger partial charge >= 0.3 is 0 Å². The van der Waals surface area contributed by atoms with Crippen LogP contribution in [0.1, 0.15) is 41.6 Å². The van der Waals surface area contributed by atoms with Crippen LogP contribution in [0.4, 0.5) is 0 Å². The summed E-state index contributed by atoms with van der Waals surface area (Å²) < 4.78 is 5.48. The number of hydrogen-bond acceptors (Lipinski definition) is 4. The van der Waals surface area contributed by atoms with E-state index in [9.17, 15) is 4.79 Å². The number of rotatable bonds is 5. The Morgan fingerprint density at radius 3 is 2.64 bits per heavy atom. The lowest BCUT2D eigenvalue weighted by molar-refractivity contribution is 0.0655. The van der Waals surface area contributed by atoms with Crippen LogP contribution in [0.2, 0.25) is 0 Å². The summed E-state index contributed by atoms with van der Waals surface area (Å²) in [7, 11) is 0. The summed E-state index contributed by atoms with van der Waals surface area (Å²) in [5, 5.41) is 0. The minimum absolute atomic E-state index is 0.0789. The molecule has 0 atom stereocenters. The van der Waals surface area contributed by atoms with Crippen molar-refractivity contribution in [3.63, 3.8) is 0 Å². The van der Waals surface area contributed by atoms with Crippen molar-refractivity contribution in [3.8, 4) is 0 Å². The quantitative estimate of drug-likeness (QED) is 0.780. The monoisotopic (exact) mass is 318 g/mol. The Labute approximate surface area is 135 Å². The maximum Gasteiger partial charge on any atom is 0.292 e. The van der Waals surface area contributed by atoms with Crippen molar-refractivity contribution in [2.24, 2.45) is 0 Å². The molecule has 1 heterocycles. The van der Waals surface area contributed by atoms with E-state index in [4.69, 9.17) is 4.42 Å². The minimum atomic E-state index is -0.109. The minimum Gasteiger partial charge on any atom is -0.436 e. The summed E-state index contributed by atoms with van der Waals surface area (Å²) in [5.41, 5.74) is 1.76. The van der Waals surface area contributed by atoms with Crippen LogP contribution < -0.4 is 0 Å². The summed E-state index contributed by atoms with van der Waals surface area (Å²) in [5.74, 6) is 0.754. The highest BCUT2D eigenvalue weighted by Crippen LogP contribution is 2.20. The number of hydrogen-bond donors (Lipinski definition) is 0. The van der Waals surface area contributed by atoms with Crippen LogP contribution in [0.25, 0.3) is 0 Å². The summed E-state index contributed by atoms with van der Waals surface area (Å²) in [6.45, 7) is 8.13. The van der Waals surface area contributed by atoms with Gasteiger partial charge in [-0.3, -0.25) is 4.79 Å². The predicted molar refractivity (Wildman–Crippen MR) is 89.2 cm³/mol. The molecule has 0 aliphatic carbocycles. The lowest BCUT2D eigenvalue weighted by atomic mass is 10.1. The summed E-state index contributed by atoms with van der Waals surface area (Å²) in [6.07, 6.45) is 2.05. The van der Waals surface area contributed by atoms with Crippen molar-refractivity contribution in [3.05, 3.63) is 47.2 Å². The maximum atomic E-state index is 12.8. The average molecular weight is 318 g/mol. The van der Waals surface area contributed by atoms with Crippen molar-refractivity contribution >= 4 is 17.7 Å². The van der Waals surface area contributed by atoms with Crippen molar-refractivity contribution in [2.75, 3.05) is 6.26 Å². The van der Waals surface area contributed by atoms with Crippen LogP contribution in [-0.4, -0.2) is 28.1 Å². The molecule has 22 heavy (non-hydrogen) atoms. The number of amides is 1. The summed E-state index contributed by atoms with van der Waals surface area (Å²) >= 11 is 1.70. The van der Waals surface area contributed by atoms with Crippen molar-refractivity contribution in [1.82, 2.24) is 9.88 Å². The molecule has 0 aliphatic heterocycles. The molecule has 0 N–H and O–H groups in total. The van der Waals surface area contributed by atoms with Gasteiger partial charge in [0.2, 0.25) is 5.76 Å². The number of aromatic nitrogens is 1. The molecule has 2 rings (SSSR count). The molecule has 0 saturated heterocycles. The molecule has 0 bridgehead atoms. The van der Waals surface area contributed by atoms with Crippen molar-refractivity contribution in [1.29, 1.82) is 0 Å². The number of thioether (sulfide) groups is 1. The van der Waals surface area contributed by atoms with Crippen molar-refractivity contribution in [2.45, 2.75) is 45.2 Å². The van der Waals surface area contributed by atoms with E-state index in [1.54, 1.807) is 25.6 Å². The topological polar surface area (TPSA) is 46.3 Å². The van der Waals surface area contributed by atoms with Gasteiger partial charge in [0.1, 0.15) is 0 Å². The molecule has 0 unspecified atom stereocenters. The van der Waals surface area contributed by atoms with E-state index in [1.807, 2.05) is 37.1 Å². The highest BCUT2D eigenvalue weighted by atomic mass is 32.2. The van der Waals surface area contributed by atoms with E-state index in [1.165, 1.54) is 4.90 Å². The van der Waals surface area contributed by atoms with Crippen molar-refractivity contribution < 1.29 is 9.21 Å². The van der Waals surface area contributed by atoms with Gasteiger partial charge in [0.05, 0.1) is 5.69 Å². The zero-order valence-corrected chi connectivity index (χ0v) is 14.5. The molecular formula is C17H22N2O2S. The Morgan fingerprint density at radius 2 is 2.09 bits per heavy atom. The van der Waals surface area contributed by atoms with Gasteiger partial charge in [0, 0.05) is 24.4 Å². The standard InChI is InChI=1S/C17H22N2O2S/c1-11(2)19(10-14-7-6-8-15(9-14)22-5)17(20)16-12(3)18-13(4)21-16/h6-9,11H,10H2,1-5H3. The molecular weight excluding hydrogens is 296 g/mol. The van der Waals surface area contributed by atoms with E-state index in [2.05, 4.69) is 17.1 Å². The Bertz CT molecular complexity index is 664. The Kier molecular flexibility index (Phi) is 5.29. The molecule has 0 radical (unpaired) electrons. The molecule has 0 saturated carbocycles. The van der Waals surface area contributed by atoms with Gasteiger partial charge in [-0.15, -0.1) is 11.8 Å². The Balaban J connectivity index is 2.26. The van der Waals surface area contributed by atoms with Crippen LogP contribution in [0.15, 0.2) is 33.6 Å². The van der Waals surface area contributed by atoms with E-state index in [0.717, 1.165) is 5.56 Å². The molecule has 1 aromatic carbocycles. The molecule has 0 fully saturated rings. The zero-order valence-electron chi connectivity index (χ0n) is 13.7. The molecule has 4 nitrogen and oxygen atoms in total. The number of oxazole rings is 1. The van der Waals surface area contributed by atoms with Gasteiger partial charge in [0.25, 0.3) is 5.91 Å². The summed E-state index contributed by atoms with van der Waals surface area (Å²) in [6, 6.07) is 8.33. The second-order valence-corrected chi connectivity index (χ2v) is 6.41. The van der Waals surface area contributed by atoms with E-state index in [0.29, 0.717) is 23.9 Å². The third kappa shape index (κ3) is 3.71. The smallest absolute Gasteiger partial charge is 0.292 e. The average Bonchev–Trinajstić information content (AvgIpc) is 2.82. The SMILES string of the molecule is CSc1cccc(CN(C(=O)c2oc(C)nc2C)C(C)C)c1. The fraction of sp³-hybridized carbons (Fsp3) is 0.412. The van der Waals surface area contributed by atoms with Crippen LogP contribution in [0.3, 0.4) is 0 Å². The number of carbonyl (C=O) groups excluding carboxylic acids is 1. The first-order chi connectivity index (χ1) is 10.4. The van der Waals surface area contributed by atoms with Crippen LogP contribution in [-0.2, 0) is 6.54 Å². The first-order valence-corrected chi connectivity index (χ1v) is 8.52.